The first-order chi connectivity index (χ1) is 14.2. The fourth-order valence-electron chi connectivity index (χ4n) is 2.92. The summed E-state index contributed by atoms with van der Waals surface area (Å²) >= 11 is 5.83. The lowest BCUT2D eigenvalue weighted by Crippen LogP contribution is -2.27. The van der Waals surface area contributed by atoms with E-state index in [-0.39, 0.29) is 23.2 Å². The molecule has 0 aromatic heterocycles. The molecule has 0 unspecified atom stereocenters. The molecule has 3 aromatic rings. The normalized spacial score (nSPS) is 11.2. The number of halogens is 2. The summed E-state index contributed by atoms with van der Waals surface area (Å²) in [5.41, 5.74) is 1.49. The van der Waals surface area contributed by atoms with Crippen LogP contribution in [0.2, 0.25) is 5.02 Å². The molecule has 5 nitrogen and oxygen atoms in total. The van der Waals surface area contributed by atoms with Gasteiger partial charge in [-0.3, -0.25) is 9.10 Å². The predicted octanol–water partition coefficient (Wildman–Crippen LogP) is 4.58. The summed E-state index contributed by atoms with van der Waals surface area (Å²) in [6.45, 7) is 0.253. The molecule has 8 heteroatoms. The van der Waals surface area contributed by atoms with Crippen LogP contribution in [-0.4, -0.2) is 33.3 Å². The average molecular weight is 447 g/mol. The maximum atomic E-state index is 13.3. The Labute approximate surface area is 180 Å². The third kappa shape index (κ3) is 4.80. The van der Waals surface area contributed by atoms with Crippen LogP contribution in [0.15, 0.2) is 77.7 Å². The van der Waals surface area contributed by atoms with Crippen molar-refractivity contribution in [3.63, 3.8) is 0 Å². The minimum atomic E-state index is -3.76. The van der Waals surface area contributed by atoms with E-state index in [0.717, 1.165) is 4.31 Å². The molecule has 0 atom stereocenters. The molecule has 0 saturated carbocycles. The van der Waals surface area contributed by atoms with Crippen LogP contribution in [0.1, 0.15) is 15.9 Å². The summed E-state index contributed by atoms with van der Waals surface area (Å²) in [6, 6.07) is 18.2. The number of hydrogen-bond donors (Lipinski definition) is 0. The molecule has 0 radical (unpaired) electrons. The number of amides is 1. The number of sulfonamides is 1. The second-order valence-electron chi connectivity index (χ2n) is 6.76. The number of nitrogens with zero attached hydrogens (tertiary/aromatic N) is 2. The molecule has 0 N–H and O–H groups in total. The van der Waals surface area contributed by atoms with Gasteiger partial charge in [0.05, 0.1) is 10.6 Å². The molecule has 0 bridgehead atoms. The Kier molecular flexibility index (Phi) is 6.43. The van der Waals surface area contributed by atoms with Crippen LogP contribution in [0.5, 0.6) is 0 Å². The highest BCUT2D eigenvalue weighted by Gasteiger charge is 2.21. The van der Waals surface area contributed by atoms with E-state index in [2.05, 4.69) is 0 Å². The zero-order valence-corrected chi connectivity index (χ0v) is 18.0. The van der Waals surface area contributed by atoms with Crippen LogP contribution in [0.3, 0.4) is 0 Å². The fourth-order valence-corrected chi connectivity index (χ4v) is 4.24. The van der Waals surface area contributed by atoms with Gasteiger partial charge in [-0.2, -0.15) is 0 Å². The van der Waals surface area contributed by atoms with E-state index in [1.807, 2.05) is 0 Å². The summed E-state index contributed by atoms with van der Waals surface area (Å²) < 4.78 is 40.0. The van der Waals surface area contributed by atoms with Crippen molar-refractivity contribution in [2.75, 3.05) is 18.4 Å². The van der Waals surface area contributed by atoms with Gasteiger partial charge in [-0.1, -0.05) is 23.7 Å². The van der Waals surface area contributed by atoms with Gasteiger partial charge in [0.2, 0.25) is 0 Å². The van der Waals surface area contributed by atoms with Gasteiger partial charge < -0.3 is 4.90 Å². The smallest absolute Gasteiger partial charge is 0.264 e. The molecule has 0 spiro atoms. The highest BCUT2D eigenvalue weighted by Crippen LogP contribution is 2.24. The largest absolute Gasteiger partial charge is 0.337 e. The molecule has 0 aliphatic rings. The Balaban J connectivity index is 1.75. The van der Waals surface area contributed by atoms with E-state index in [9.17, 15) is 17.6 Å². The summed E-state index contributed by atoms with van der Waals surface area (Å²) in [6.07, 6.45) is 0. The van der Waals surface area contributed by atoms with Gasteiger partial charge >= 0.3 is 0 Å². The lowest BCUT2D eigenvalue weighted by molar-refractivity contribution is 0.0785. The third-order valence-electron chi connectivity index (χ3n) is 4.61. The van der Waals surface area contributed by atoms with Crippen molar-refractivity contribution in [1.82, 2.24) is 4.90 Å². The van der Waals surface area contributed by atoms with Gasteiger partial charge in [0.25, 0.3) is 15.9 Å². The Hall–Kier alpha value is -2.90. The Morgan fingerprint density at radius 1 is 0.967 bits per heavy atom. The molecular formula is C22H20ClFN2O3S. The van der Waals surface area contributed by atoms with E-state index in [0.29, 0.717) is 21.8 Å². The van der Waals surface area contributed by atoms with Gasteiger partial charge in [0.1, 0.15) is 5.82 Å². The minimum absolute atomic E-state index is 0.115. The summed E-state index contributed by atoms with van der Waals surface area (Å²) in [7, 11) is -0.695. The average Bonchev–Trinajstić information content (AvgIpc) is 2.73. The van der Waals surface area contributed by atoms with Gasteiger partial charge in [0.15, 0.2) is 0 Å². The molecular weight excluding hydrogens is 427 g/mol. The third-order valence-corrected chi connectivity index (χ3v) is 6.66. The van der Waals surface area contributed by atoms with E-state index >= 15 is 0 Å². The fraction of sp³-hybridized carbons (Fsp3) is 0.136. The summed E-state index contributed by atoms with van der Waals surface area (Å²) in [4.78, 5) is 14.2. The Morgan fingerprint density at radius 2 is 1.60 bits per heavy atom. The zero-order chi connectivity index (χ0) is 21.9. The van der Waals surface area contributed by atoms with Crippen LogP contribution in [-0.2, 0) is 16.6 Å². The summed E-state index contributed by atoms with van der Waals surface area (Å²) in [5, 5.41) is 0.446. The molecule has 0 aliphatic heterocycles. The lowest BCUT2D eigenvalue weighted by atomic mass is 10.1. The van der Waals surface area contributed by atoms with Crippen LogP contribution in [0.4, 0.5) is 10.1 Å². The number of carbonyl (C=O) groups is 1. The van der Waals surface area contributed by atoms with Crippen LogP contribution < -0.4 is 4.31 Å². The maximum absolute atomic E-state index is 13.3. The topological polar surface area (TPSA) is 57.7 Å². The van der Waals surface area contributed by atoms with Crippen molar-refractivity contribution in [3.05, 3.63) is 94.8 Å². The second kappa shape index (κ2) is 8.85. The molecule has 0 saturated heterocycles. The molecule has 3 rings (SSSR count). The highest BCUT2D eigenvalue weighted by molar-refractivity contribution is 7.92. The van der Waals surface area contributed by atoms with Crippen LogP contribution in [0, 0.1) is 5.82 Å². The van der Waals surface area contributed by atoms with Crippen molar-refractivity contribution >= 4 is 33.2 Å². The molecule has 1 amide bonds. The first-order valence-corrected chi connectivity index (χ1v) is 10.8. The molecule has 0 heterocycles. The monoisotopic (exact) mass is 446 g/mol. The van der Waals surface area contributed by atoms with Crippen molar-refractivity contribution in [1.29, 1.82) is 0 Å². The Morgan fingerprint density at radius 3 is 2.20 bits per heavy atom. The zero-order valence-electron chi connectivity index (χ0n) is 16.4. The standard InChI is InChI=1S/C22H20ClFN2O3S/c1-25(15-16-4-3-5-19(24)14-16)22(27)17-6-10-20(11-7-17)26(2)30(28,29)21-12-8-18(23)9-13-21/h3-14H,15H2,1-2H3. The van der Waals surface area contributed by atoms with Crippen molar-refractivity contribution in [3.8, 4) is 0 Å². The number of carbonyl (C=O) groups excluding carboxylic acids is 1. The van der Waals surface area contributed by atoms with Crippen molar-refractivity contribution < 1.29 is 17.6 Å². The number of benzene rings is 3. The SMILES string of the molecule is CN(Cc1cccc(F)c1)C(=O)c1ccc(N(C)S(=O)(=O)c2ccc(Cl)cc2)cc1. The van der Waals surface area contributed by atoms with E-state index in [1.165, 1.54) is 48.3 Å². The number of hydrogen-bond acceptors (Lipinski definition) is 3. The summed E-state index contributed by atoms with van der Waals surface area (Å²) in [5.74, 6) is -0.614. The van der Waals surface area contributed by atoms with E-state index in [1.54, 1.807) is 43.4 Å². The molecule has 0 fully saturated rings. The quantitative estimate of drug-likeness (QED) is 0.557. The molecule has 0 aliphatic carbocycles. The molecule has 30 heavy (non-hydrogen) atoms. The highest BCUT2D eigenvalue weighted by atomic mass is 35.5. The van der Waals surface area contributed by atoms with Gasteiger partial charge in [-0.05, 0) is 66.2 Å². The first-order valence-electron chi connectivity index (χ1n) is 9.03. The Bertz CT molecular complexity index is 1150. The van der Waals surface area contributed by atoms with E-state index < -0.39 is 10.0 Å². The van der Waals surface area contributed by atoms with E-state index in [4.69, 9.17) is 11.6 Å². The van der Waals surface area contributed by atoms with Crippen molar-refractivity contribution in [2.45, 2.75) is 11.4 Å². The maximum Gasteiger partial charge on any atom is 0.264 e. The second-order valence-corrected chi connectivity index (χ2v) is 9.17. The van der Waals surface area contributed by atoms with Crippen LogP contribution in [0.25, 0.3) is 0 Å². The molecule has 3 aromatic carbocycles. The van der Waals surface area contributed by atoms with Gasteiger partial charge in [-0.25, -0.2) is 12.8 Å². The van der Waals surface area contributed by atoms with Gasteiger partial charge in [0, 0.05) is 31.2 Å². The number of rotatable bonds is 6. The minimum Gasteiger partial charge on any atom is -0.337 e. The van der Waals surface area contributed by atoms with Gasteiger partial charge in [-0.15, -0.1) is 0 Å². The lowest BCUT2D eigenvalue weighted by Gasteiger charge is -2.21. The van der Waals surface area contributed by atoms with Crippen molar-refractivity contribution in [2.24, 2.45) is 0 Å². The molecule has 156 valence electrons. The van der Waals surface area contributed by atoms with Crippen LogP contribution >= 0.6 is 11.6 Å². The first kappa shape index (κ1) is 21.8. The number of anilines is 1. The predicted molar refractivity (Wildman–Crippen MR) is 116 cm³/mol.